The largest absolute Gasteiger partial charge is 0.441 e. The van der Waals surface area contributed by atoms with Crippen LogP contribution in [0, 0.1) is 5.82 Å². The van der Waals surface area contributed by atoms with Crippen molar-refractivity contribution in [3.05, 3.63) is 42.2 Å². The molecule has 1 saturated heterocycles. The molecule has 2 aromatic rings. The first-order valence-electron chi connectivity index (χ1n) is 9.00. The Kier molecular flexibility index (Phi) is 6.18. The van der Waals surface area contributed by atoms with Crippen LogP contribution in [0.1, 0.15) is 25.2 Å². The van der Waals surface area contributed by atoms with E-state index >= 15 is 0 Å². The highest BCUT2D eigenvalue weighted by molar-refractivity contribution is 5.76. The van der Waals surface area contributed by atoms with Crippen LogP contribution in [0.15, 0.2) is 34.9 Å². The van der Waals surface area contributed by atoms with Crippen LogP contribution in [0.5, 0.6) is 0 Å². The van der Waals surface area contributed by atoms with Gasteiger partial charge >= 0.3 is 0 Å². The van der Waals surface area contributed by atoms with Gasteiger partial charge in [0.2, 0.25) is 11.8 Å². The van der Waals surface area contributed by atoms with Gasteiger partial charge in [0.05, 0.1) is 12.7 Å². The van der Waals surface area contributed by atoms with Crippen molar-refractivity contribution in [1.29, 1.82) is 0 Å². The number of benzene rings is 1. The van der Waals surface area contributed by atoms with Crippen LogP contribution in [0.2, 0.25) is 0 Å². The molecule has 3 N–H and O–H groups in total. The number of hydrogen-bond acceptors (Lipinski definition) is 5. The minimum Gasteiger partial charge on any atom is -0.441 e. The highest BCUT2D eigenvalue weighted by atomic mass is 19.1. The minimum atomic E-state index is -0.330. The quantitative estimate of drug-likeness (QED) is 0.764. The molecule has 1 fully saturated rings. The number of aromatic nitrogens is 1. The van der Waals surface area contributed by atoms with Gasteiger partial charge in [-0.3, -0.25) is 14.5 Å². The third-order valence-corrected chi connectivity index (χ3v) is 4.58. The third kappa shape index (κ3) is 5.62. The monoisotopic (exact) mass is 374 g/mol. The van der Waals surface area contributed by atoms with Crippen LogP contribution in [0.3, 0.4) is 0 Å². The lowest BCUT2D eigenvalue weighted by Gasteiger charge is -2.31. The van der Waals surface area contributed by atoms with Crippen molar-refractivity contribution in [1.82, 2.24) is 15.2 Å². The zero-order valence-electron chi connectivity index (χ0n) is 15.0. The van der Waals surface area contributed by atoms with Crippen LogP contribution in [0.4, 0.5) is 4.39 Å². The number of oxazole rings is 1. The Bertz CT molecular complexity index is 783. The summed E-state index contributed by atoms with van der Waals surface area (Å²) in [5.74, 6) is 0.330. The number of amides is 2. The molecule has 1 aromatic heterocycles. The Morgan fingerprint density at radius 3 is 2.63 bits per heavy atom. The molecule has 0 saturated carbocycles. The Labute approximate surface area is 156 Å². The first kappa shape index (κ1) is 19.0. The van der Waals surface area contributed by atoms with Gasteiger partial charge < -0.3 is 15.5 Å². The molecular weight excluding hydrogens is 351 g/mol. The lowest BCUT2D eigenvalue weighted by Crippen LogP contribution is -2.46. The maximum Gasteiger partial charge on any atom is 0.231 e. The Hall–Kier alpha value is -2.74. The van der Waals surface area contributed by atoms with Gasteiger partial charge in [-0.25, -0.2) is 9.37 Å². The Morgan fingerprint density at radius 2 is 1.96 bits per heavy atom. The maximum atomic E-state index is 13.0. The van der Waals surface area contributed by atoms with Crippen LogP contribution < -0.4 is 11.1 Å². The SMILES string of the molecule is NC(=O)CN1CCC(NC(=O)CCc2ncc(-c3ccc(F)cc3)o2)CC1. The summed E-state index contributed by atoms with van der Waals surface area (Å²) >= 11 is 0. The third-order valence-electron chi connectivity index (χ3n) is 4.58. The lowest BCUT2D eigenvalue weighted by atomic mass is 10.0. The summed E-state index contributed by atoms with van der Waals surface area (Å²) in [6.45, 7) is 1.75. The Morgan fingerprint density at radius 1 is 1.26 bits per heavy atom. The second-order valence-corrected chi connectivity index (χ2v) is 6.71. The van der Waals surface area contributed by atoms with Gasteiger partial charge in [0.25, 0.3) is 0 Å². The second kappa shape index (κ2) is 8.77. The van der Waals surface area contributed by atoms with E-state index in [1.165, 1.54) is 12.1 Å². The summed E-state index contributed by atoms with van der Waals surface area (Å²) in [4.78, 5) is 29.3. The van der Waals surface area contributed by atoms with E-state index in [1.54, 1.807) is 18.3 Å². The van der Waals surface area contributed by atoms with Gasteiger partial charge in [-0.2, -0.15) is 0 Å². The highest BCUT2D eigenvalue weighted by Crippen LogP contribution is 2.21. The molecule has 1 aliphatic rings. The van der Waals surface area contributed by atoms with Crippen molar-refractivity contribution in [2.75, 3.05) is 19.6 Å². The first-order valence-corrected chi connectivity index (χ1v) is 9.00. The van der Waals surface area contributed by atoms with Gasteiger partial charge in [-0.1, -0.05) is 0 Å². The van der Waals surface area contributed by atoms with Crippen LogP contribution in [-0.2, 0) is 16.0 Å². The van der Waals surface area contributed by atoms with Crippen LogP contribution in [-0.4, -0.2) is 47.4 Å². The van der Waals surface area contributed by atoms with Crippen molar-refractivity contribution in [2.24, 2.45) is 5.73 Å². The molecule has 27 heavy (non-hydrogen) atoms. The molecular formula is C19H23FN4O3. The first-order chi connectivity index (χ1) is 13.0. The molecule has 1 aliphatic heterocycles. The summed E-state index contributed by atoms with van der Waals surface area (Å²) in [6.07, 6.45) is 3.85. The number of nitrogens with one attached hydrogen (secondary N) is 1. The molecule has 1 aromatic carbocycles. The van der Waals surface area contributed by atoms with Crippen molar-refractivity contribution in [3.8, 4) is 11.3 Å². The smallest absolute Gasteiger partial charge is 0.231 e. The van der Waals surface area contributed by atoms with Gasteiger partial charge in [0, 0.05) is 37.5 Å². The fourth-order valence-electron chi connectivity index (χ4n) is 3.15. The standard InChI is InChI=1S/C19H23FN4O3/c20-14-3-1-13(2-4-14)16-11-22-19(27-16)6-5-18(26)23-15-7-9-24(10-8-15)12-17(21)25/h1-4,11,15H,5-10,12H2,(H2,21,25)(H,23,26). The summed E-state index contributed by atoms with van der Waals surface area (Å²) in [5, 5.41) is 3.01. The zero-order valence-corrected chi connectivity index (χ0v) is 15.0. The lowest BCUT2D eigenvalue weighted by molar-refractivity contribution is -0.123. The molecule has 2 amide bonds. The van der Waals surface area contributed by atoms with Gasteiger partial charge in [0.15, 0.2) is 11.7 Å². The average Bonchev–Trinajstić information content (AvgIpc) is 3.11. The van der Waals surface area contributed by atoms with Gasteiger partial charge in [0.1, 0.15) is 5.82 Å². The highest BCUT2D eigenvalue weighted by Gasteiger charge is 2.21. The summed E-state index contributed by atoms with van der Waals surface area (Å²) in [5.41, 5.74) is 5.94. The summed E-state index contributed by atoms with van der Waals surface area (Å²) < 4.78 is 18.6. The van der Waals surface area contributed by atoms with E-state index in [9.17, 15) is 14.0 Å². The number of carbonyl (C=O) groups is 2. The van der Waals surface area contributed by atoms with Crippen molar-refractivity contribution < 1.29 is 18.4 Å². The number of carbonyl (C=O) groups excluding carboxylic acids is 2. The van der Waals surface area contributed by atoms with Crippen molar-refractivity contribution >= 4 is 11.8 Å². The van der Waals surface area contributed by atoms with Gasteiger partial charge in [-0.15, -0.1) is 0 Å². The van der Waals surface area contributed by atoms with E-state index in [0.29, 0.717) is 18.1 Å². The van der Waals surface area contributed by atoms with E-state index in [-0.39, 0.29) is 36.6 Å². The van der Waals surface area contributed by atoms with Crippen LogP contribution in [0.25, 0.3) is 11.3 Å². The molecule has 0 spiro atoms. The number of primary amides is 1. The number of likely N-dealkylation sites (tertiary alicyclic amines) is 1. The maximum absolute atomic E-state index is 13.0. The number of hydrogen-bond donors (Lipinski definition) is 2. The van der Waals surface area contributed by atoms with Crippen molar-refractivity contribution in [2.45, 2.75) is 31.7 Å². The molecule has 8 heteroatoms. The molecule has 0 bridgehead atoms. The molecule has 144 valence electrons. The number of aryl methyl sites for hydroxylation is 1. The van der Waals surface area contributed by atoms with E-state index < -0.39 is 0 Å². The molecule has 2 heterocycles. The van der Waals surface area contributed by atoms with E-state index in [2.05, 4.69) is 10.3 Å². The number of nitrogens with two attached hydrogens (primary N) is 1. The predicted octanol–water partition coefficient (Wildman–Crippen LogP) is 1.48. The molecule has 7 nitrogen and oxygen atoms in total. The molecule has 3 rings (SSSR count). The van der Waals surface area contributed by atoms with Gasteiger partial charge in [-0.05, 0) is 37.1 Å². The molecule has 0 aliphatic carbocycles. The Balaban J connectivity index is 1.42. The summed E-state index contributed by atoms with van der Waals surface area (Å²) in [7, 11) is 0. The van der Waals surface area contributed by atoms with E-state index in [4.69, 9.17) is 10.2 Å². The van der Waals surface area contributed by atoms with Crippen molar-refractivity contribution in [3.63, 3.8) is 0 Å². The van der Waals surface area contributed by atoms with E-state index in [1.807, 2.05) is 4.90 Å². The number of piperidine rings is 1. The fourth-order valence-corrected chi connectivity index (χ4v) is 3.15. The number of nitrogens with zero attached hydrogens (tertiary/aromatic N) is 2. The molecule has 0 unspecified atom stereocenters. The van der Waals surface area contributed by atoms with Crippen LogP contribution >= 0.6 is 0 Å². The number of halogens is 1. The topological polar surface area (TPSA) is 101 Å². The zero-order chi connectivity index (χ0) is 19.2. The molecule has 0 radical (unpaired) electrons. The minimum absolute atomic E-state index is 0.0510. The molecule has 0 atom stereocenters. The second-order valence-electron chi connectivity index (χ2n) is 6.71. The predicted molar refractivity (Wildman–Crippen MR) is 97.0 cm³/mol. The van der Waals surface area contributed by atoms with E-state index in [0.717, 1.165) is 31.5 Å². The fraction of sp³-hybridized carbons (Fsp3) is 0.421. The summed E-state index contributed by atoms with van der Waals surface area (Å²) in [6, 6.07) is 6.08. The normalized spacial score (nSPS) is 15.6. The average molecular weight is 374 g/mol. The number of rotatable bonds is 7.